The van der Waals surface area contributed by atoms with Crippen molar-refractivity contribution in [1.29, 1.82) is 0 Å². The Hall–Kier alpha value is -2.96. The number of Topliss-reactive ketones (excluding diaryl/α,β-unsaturated/α-hetero) is 1. The van der Waals surface area contributed by atoms with Crippen LogP contribution in [0.5, 0.6) is 5.75 Å². The standard InChI is InChI=1S/C20H23N5O2/c1-11(2)25-20(21-14(5)23-25)17-10-24-6-7-27-18-8-12(3)15(13(4)26)9-16(18)19(24)22-17/h8-11H,6-7H2,1-5H3. The number of hydrogen-bond donors (Lipinski definition) is 0. The molecule has 0 unspecified atom stereocenters. The maximum Gasteiger partial charge on any atom is 0.178 e. The first-order valence-electron chi connectivity index (χ1n) is 9.14. The van der Waals surface area contributed by atoms with Crippen LogP contribution in [0.4, 0.5) is 0 Å². The van der Waals surface area contributed by atoms with Gasteiger partial charge >= 0.3 is 0 Å². The van der Waals surface area contributed by atoms with E-state index in [2.05, 4.69) is 28.5 Å². The first-order valence-corrected chi connectivity index (χ1v) is 9.14. The van der Waals surface area contributed by atoms with Gasteiger partial charge in [-0.1, -0.05) is 0 Å². The van der Waals surface area contributed by atoms with Crippen molar-refractivity contribution in [2.45, 2.75) is 47.2 Å². The molecule has 0 amide bonds. The number of fused-ring (bicyclic) bond motifs is 3. The topological polar surface area (TPSA) is 74.8 Å². The van der Waals surface area contributed by atoms with E-state index >= 15 is 0 Å². The number of benzene rings is 1. The molecule has 0 aliphatic carbocycles. The molecular weight excluding hydrogens is 342 g/mol. The van der Waals surface area contributed by atoms with Crippen molar-refractivity contribution in [2.24, 2.45) is 0 Å². The predicted octanol–water partition coefficient (Wildman–Crippen LogP) is 3.60. The fourth-order valence-electron chi connectivity index (χ4n) is 3.48. The molecule has 7 nitrogen and oxygen atoms in total. The molecule has 0 N–H and O–H groups in total. The maximum atomic E-state index is 12.0. The van der Waals surface area contributed by atoms with Crippen molar-refractivity contribution < 1.29 is 9.53 Å². The van der Waals surface area contributed by atoms with Crippen LogP contribution in [0.3, 0.4) is 0 Å². The van der Waals surface area contributed by atoms with Gasteiger partial charge in [0.25, 0.3) is 0 Å². The fraction of sp³-hybridized carbons (Fsp3) is 0.400. The zero-order valence-corrected chi connectivity index (χ0v) is 16.3. The fourth-order valence-corrected chi connectivity index (χ4v) is 3.48. The molecule has 0 saturated heterocycles. The molecule has 1 aromatic carbocycles. The van der Waals surface area contributed by atoms with Crippen LogP contribution >= 0.6 is 0 Å². The highest BCUT2D eigenvalue weighted by atomic mass is 16.5. The lowest BCUT2D eigenvalue weighted by molar-refractivity contribution is 0.101. The lowest BCUT2D eigenvalue weighted by Crippen LogP contribution is -2.06. The van der Waals surface area contributed by atoms with E-state index in [1.165, 1.54) is 0 Å². The van der Waals surface area contributed by atoms with Gasteiger partial charge < -0.3 is 9.30 Å². The summed E-state index contributed by atoms with van der Waals surface area (Å²) in [6.07, 6.45) is 1.99. The van der Waals surface area contributed by atoms with Gasteiger partial charge in [0.1, 0.15) is 29.7 Å². The van der Waals surface area contributed by atoms with Crippen LogP contribution in [0.1, 0.15) is 48.6 Å². The Kier molecular flexibility index (Phi) is 4.09. The Morgan fingerprint density at radius 3 is 2.67 bits per heavy atom. The third-order valence-corrected chi connectivity index (χ3v) is 4.77. The summed E-state index contributed by atoms with van der Waals surface area (Å²) in [6.45, 7) is 10.8. The molecule has 0 spiro atoms. The molecule has 140 valence electrons. The minimum absolute atomic E-state index is 0.0352. The lowest BCUT2D eigenvalue weighted by Gasteiger charge is -2.10. The number of rotatable bonds is 3. The van der Waals surface area contributed by atoms with Gasteiger partial charge in [0.05, 0.1) is 12.1 Å². The highest BCUT2D eigenvalue weighted by Gasteiger charge is 2.23. The molecule has 0 fully saturated rings. The molecule has 0 bridgehead atoms. The number of ether oxygens (including phenoxy) is 1. The minimum Gasteiger partial charge on any atom is -0.491 e. The minimum atomic E-state index is 0.0352. The summed E-state index contributed by atoms with van der Waals surface area (Å²) in [4.78, 5) is 21.4. The van der Waals surface area contributed by atoms with E-state index in [4.69, 9.17) is 9.72 Å². The van der Waals surface area contributed by atoms with Gasteiger partial charge in [0, 0.05) is 17.8 Å². The molecule has 0 saturated carbocycles. The number of carbonyl (C=O) groups excluding carboxylic acids is 1. The average molecular weight is 365 g/mol. The van der Waals surface area contributed by atoms with Crippen molar-refractivity contribution >= 4 is 5.78 Å². The second kappa shape index (κ2) is 6.33. The van der Waals surface area contributed by atoms with Gasteiger partial charge in [-0.3, -0.25) is 4.79 Å². The first-order chi connectivity index (χ1) is 12.8. The van der Waals surface area contributed by atoms with Gasteiger partial charge in [0.2, 0.25) is 0 Å². The van der Waals surface area contributed by atoms with Gasteiger partial charge in [-0.05, 0) is 52.3 Å². The molecule has 0 atom stereocenters. The number of aromatic nitrogens is 5. The first kappa shape index (κ1) is 17.5. The van der Waals surface area contributed by atoms with Gasteiger partial charge in [-0.15, -0.1) is 0 Å². The van der Waals surface area contributed by atoms with E-state index in [0.717, 1.165) is 40.0 Å². The molecule has 2 aromatic heterocycles. The summed E-state index contributed by atoms with van der Waals surface area (Å²) in [5, 5.41) is 4.49. The van der Waals surface area contributed by atoms with Crippen molar-refractivity contribution in [3.05, 3.63) is 35.3 Å². The van der Waals surface area contributed by atoms with Crippen LogP contribution in [0, 0.1) is 13.8 Å². The number of nitrogens with zero attached hydrogens (tertiary/aromatic N) is 5. The Bertz CT molecular complexity index is 1050. The predicted molar refractivity (Wildman–Crippen MR) is 102 cm³/mol. The SMILES string of the molecule is CC(=O)c1cc2c(cc1C)OCCn1cc(-c3nc(C)nn3C(C)C)nc1-2. The van der Waals surface area contributed by atoms with E-state index in [-0.39, 0.29) is 11.8 Å². The normalized spacial score (nSPS) is 13.1. The molecule has 1 aliphatic heterocycles. The largest absolute Gasteiger partial charge is 0.491 e. The highest BCUT2D eigenvalue weighted by Crippen LogP contribution is 2.36. The van der Waals surface area contributed by atoms with Crippen molar-refractivity contribution in [3.8, 4) is 28.7 Å². The number of hydrogen-bond acceptors (Lipinski definition) is 5. The summed E-state index contributed by atoms with van der Waals surface area (Å²) in [7, 11) is 0. The number of ketones is 1. The number of aryl methyl sites for hydroxylation is 2. The molecule has 7 heteroatoms. The average Bonchev–Trinajstić information content (AvgIpc) is 3.14. The second-order valence-electron chi connectivity index (χ2n) is 7.23. The maximum absolute atomic E-state index is 12.0. The molecule has 4 rings (SSSR count). The number of imidazole rings is 1. The molecular formula is C20H23N5O2. The van der Waals surface area contributed by atoms with E-state index in [0.29, 0.717) is 18.7 Å². The third-order valence-electron chi connectivity index (χ3n) is 4.77. The monoisotopic (exact) mass is 365 g/mol. The van der Waals surface area contributed by atoms with Gasteiger partial charge in [0.15, 0.2) is 11.6 Å². The van der Waals surface area contributed by atoms with Gasteiger partial charge in [-0.2, -0.15) is 5.10 Å². The van der Waals surface area contributed by atoms with Crippen LogP contribution in [-0.4, -0.2) is 36.7 Å². The van der Waals surface area contributed by atoms with Crippen molar-refractivity contribution in [1.82, 2.24) is 24.3 Å². The summed E-state index contributed by atoms with van der Waals surface area (Å²) >= 11 is 0. The Morgan fingerprint density at radius 2 is 1.96 bits per heavy atom. The molecule has 3 aromatic rings. The smallest absolute Gasteiger partial charge is 0.178 e. The zero-order chi connectivity index (χ0) is 19.3. The molecule has 1 aliphatic rings. The van der Waals surface area contributed by atoms with Crippen LogP contribution in [0.15, 0.2) is 18.3 Å². The molecule has 27 heavy (non-hydrogen) atoms. The van der Waals surface area contributed by atoms with Gasteiger partial charge in [-0.25, -0.2) is 14.6 Å². The summed E-state index contributed by atoms with van der Waals surface area (Å²) in [5.74, 6) is 3.06. The summed E-state index contributed by atoms with van der Waals surface area (Å²) < 4.78 is 9.87. The third kappa shape index (κ3) is 2.93. The number of carbonyl (C=O) groups is 1. The van der Waals surface area contributed by atoms with Crippen LogP contribution < -0.4 is 4.74 Å². The van der Waals surface area contributed by atoms with Crippen LogP contribution in [0.2, 0.25) is 0 Å². The van der Waals surface area contributed by atoms with E-state index in [9.17, 15) is 4.79 Å². The van der Waals surface area contributed by atoms with E-state index in [1.54, 1.807) is 6.92 Å². The van der Waals surface area contributed by atoms with Crippen molar-refractivity contribution in [3.63, 3.8) is 0 Å². The Labute approximate surface area is 158 Å². The van der Waals surface area contributed by atoms with Crippen LogP contribution in [0.25, 0.3) is 22.9 Å². The Balaban J connectivity index is 1.90. The second-order valence-corrected chi connectivity index (χ2v) is 7.23. The Morgan fingerprint density at radius 1 is 1.19 bits per heavy atom. The van der Waals surface area contributed by atoms with Crippen molar-refractivity contribution in [2.75, 3.05) is 6.61 Å². The zero-order valence-electron chi connectivity index (χ0n) is 16.3. The summed E-state index contributed by atoms with van der Waals surface area (Å²) in [6, 6.07) is 4.00. The molecule has 3 heterocycles. The lowest BCUT2D eigenvalue weighted by atomic mass is 10.0. The van der Waals surface area contributed by atoms with E-state index in [1.807, 2.05) is 36.9 Å². The van der Waals surface area contributed by atoms with Crippen LogP contribution in [-0.2, 0) is 6.54 Å². The summed E-state index contributed by atoms with van der Waals surface area (Å²) in [5.41, 5.74) is 3.21. The highest BCUT2D eigenvalue weighted by molar-refractivity contribution is 5.97. The van der Waals surface area contributed by atoms with E-state index < -0.39 is 0 Å². The quantitative estimate of drug-likeness (QED) is 0.663. The molecule has 0 radical (unpaired) electrons.